The van der Waals surface area contributed by atoms with Crippen molar-refractivity contribution in [2.45, 2.75) is 13.8 Å². The highest BCUT2D eigenvalue weighted by molar-refractivity contribution is 5.86. The Labute approximate surface area is 114 Å². The number of hydrogen-bond acceptors (Lipinski definition) is 6. The number of aliphatic hydroxyl groups excluding tert-OH is 2. The molecule has 6 heteroatoms. The van der Waals surface area contributed by atoms with Crippen molar-refractivity contribution in [1.82, 2.24) is 0 Å². The van der Waals surface area contributed by atoms with Gasteiger partial charge in [-0.1, -0.05) is 13.5 Å². The minimum atomic E-state index is -0.534. The molecule has 0 aliphatic heterocycles. The number of aliphatic hydroxyl groups is 2. The van der Waals surface area contributed by atoms with Gasteiger partial charge in [-0.05, 0) is 6.92 Å². The van der Waals surface area contributed by atoms with E-state index < -0.39 is 11.4 Å². The summed E-state index contributed by atoms with van der Waals surface area (Å²) in [5, 5.41) is 17.9. The maximum Gasteiger partial charge on any atom is 0.333 e. The minimum absolute atomic E-state index is 0.0563. The maximum absolute atomic E-state index is 11.1. The van der Waals surface area contributed by atoms with Gasteiger partial charge in [-0.25, -0.2) is 4.79 Å². The van der Waals surface area contributed by atoms with E-state index in [1.807, 2.05) is 6.92 Å². The Kier molecular flexibility index (Phi) is 9.42. The fourth-order valence-electron chi connectivity index (χ4n) is 1.15. The predicted octanol–water partition coefficient (Wildman–Crippen LogP) is 0.130. The molecule has 0 bridgehead atoms. The molecule has 1 atom stereocenters. The first-order valence-corrected chi connectivity index (χ1v) is 6.15. The summed E-state index contributed by atoms with van der Waals surface area (Å²) in [7, 11) is 0. The normalized spacial score (nSPS) is 13.9. The molecule has 0 saturated heterocycles. The van der Waals surface area contributed by atoms with Crippen molar-refractivity contribution in [2.75, 3.05) is 46.2 Å². The highest BCUT2D eigenvalue weighted by Crippen LogP contribution is 2.16. The Balaban J connectivity index is 3.76. The van der Waals surface area contributed by atoms with Crippen LogP contribution in [0.2, 0.25) is 0 Å². The topological polar surface area (TPSA) is 85.2 Å². The smallest absolute Gasteiger partial charge is 0.333 e. The van der Waals surface area contributed by atoms with E-state index in [2.05, 4.69) is 6.58 Å². The van der Waals surface area contributed by atoms with E-state index in [0.717, 1.165) is 0 Å². The van der Waals surface area contributed by atoms with Crippen molar-refractivity contribution in [1.29, 1.82) is 0 Å². The molecule has 0 aromatic heterocycles. The summed E-state index contributed by atoms with van der Waals surface area (Å²) in [5.74, 6) is -0.445. The summed E-state index contributed by atoms with van der Waals surface area (Å²) >= 11 is 0. The molecule has 0 radical (unpaired) electrons. The number of hydrogen-bond donors (Lipinski definition) is 2. The molecule has 0 aliphatic carbocycles. The number of esters is 1. The van der Waals surface area contributed by atoms with Gasteiger partial charge in [0.25, 0.3) is 0 Å². The Morgan fingerprint density at radius 1 is 1.16 bits per heavy atom. The SMILES string of the molecule is C=C(C)C(=O)OCCOCC(C)(CO)COCCO. The molecule has 0 saturated carbocycles. The largest absolute Gasteiger partial charge is 0.460 e. The number of rotatable bonds is 11. The molecule has 0 rings (SSSR count). The van der Waals surface area contributed by atoms with Gasteiger partial charge in [-0.2, -0.15) is 0 Å². The summed E-state index contributed by atoms with van der Waals surface area (Å²) in [4.78, 5) is 11.1. The quantitative estimate of drug-likeness (QED) is 0.317. The monoisotopic (exact) mass is 276 g/mol. The van der Waals surface area contributed by atoms with Crippen LogP contribution in [0.3, 0.4) is 0 Å². The second-order valence-corrected chi connectivity index (χ2v) is 4.71. The summed E-state index contributed by atoms with van der Waals surface area (Å²) in [6, 6.07) is 0. The van der Waals surface area contributed by atoms with Crippen LogP contribution in [0.1, 0.15) is 13.8 Å². The van der Waals surface area contributed by atoms with Gasteiger partial charge in [0.2, 0.25) is 0 Å². The van der Waals surface area contributed by atoms with Gasteiger partial charge in [0.05, 0.1) is 39.6 Å². The van der Waals surface area contributed by atoms with E-state index in [1.165, 1.54) is 0 Å². The highest BCUT2D eigenvalue weighted by atomic mass is 16.6. The van der Waals surface area contributed by atoms with E-state index >= 15 is 0 Å². The average Bonchev–Trinajstić information content (AvgIpc) is 2.38. The second-order valence-electron chi connectivity index (χ2n) is 4.71. The van der Waals surface area contributed by atoms with E-state index in [9.17, 15) is 9.90 Å². The van der Waals surface area contributed by atoms with Gasteiger partial charge in [0.1, 0.15) is 6.61 Å². The fraction of sp³-hybridized carbons (Fsp3) is 0.769. The van der Waals surface area contributed by atoms with Gasteiger partial charge in [0, 0.05) is 11.0 Å². The lowest BCUT2D eigenvalue weighted by Crippen LogP contribution is -2.34. The van der Waals surface area contributed by atoms with Crippen molar-refractivity contribution in [2.24, 2.45) is 5.41 Å². The summed E-state index contributed by atoms with van der Waals surface area (Å²) < 4.78 is 15.4. The zero-order chi connectivity index (χ0) is 14.7. The molecule has 6 nitrogen and oxygen atoms in total. The molecule has 0 spiro atoms. The first-order chi connectivity index (χ1) is 8.95. The summed E-state index contributed by atoms with van der Waals surface area (Å²) in [5.41, 5.74) is -0.189. The van der Waals surface area contributed by atoms with Crippen LogP contribution >= 0.6 is 0 Å². The van der Waals surface area contributed by atoms with Gasteiger partial charge in [-0.15, -0.1) is 0 Å². The van der Waals surface area contributed by atoms with Gasteiger partial charge >= 0.3 is 5.97 Å². The zero-order valence-corrected chi connectivity index (χ0v) is 11.7. The van der Waals surface area contributed by atoms with Crippen LogP contribution in [0.15, 0.2) is 12.2 Å². The average molecular weight is 276 g/mol. The predicted molar refractivity (Wildman–Crippen MR) is 69.7 cm³/mol. The van der Waals surface area contributed by atoms with Crippen molar-refractivity contribution in [3.8, 4) is 0 Å². The summed E-state index contributed by atoms with van der Waals surface area (Å²) in [6.07, 6.45) is 0. The molecule has 0 heterocycles. The number of carbonyl (C=O) groups is 1. The third-order valence-corrected chi connectivity index (χ3v) is 2.33. The Morgan fingerprint density at radius 3 is 2.21 bits per heavy atom. The molecule has 112 valence electrons. The lowest BCUT2D eigenvalue weighted by Gasteiger charge is -2.26. The van der Waals surface area contributed by atoms with Crippen LogP contribution in [-0.2, 0) is 19.0 Å². The van der Waals surface area contributed by atoms with Crippen LogP contribution in [0.25, 0.3) is 0 Å². The first-order valence-electron chi connectivity index (χ1n) is 6.15. The standard InChI is InChI=1S/C13H24O6/c1-11(2)12(16)19-7-6-18-10-13(3,8-15)9-17-5-4-14/h14-15H,1,4-10H2,2-3H3. The Hall–Kier alpha value is -0.950. The van der Waals surface area contributed by atoms with Crippen LogP contribution in [0.5, 0.6) is 0 Å². The molecule has 19 heavy (non-hydrogen) atoms. The first kappa shape index (κ1) is 18.0. The van der Waals surface area contributed by atoms with Gasteiger partial charge < -0.3 is 24.4 Å². The van der Waals surface area contributed by atoms with Crippen LogP contribution in [0.4, 0.5) is 0 Å². The third kappa shape index (κ3) is 8.72. The third-order valence-electron chi connectivity index (χ3n) is 2.33. The lowest BCUT2D eigenvalue weighted by molar-refractivity contribution is -0.141. The van der Waals surface area contributed by atoms with Crippen LogP contribution in [0, 0.1) is 5.41 Å². The summed E-state index contributed by atoms with van der Waals surface area (Å²) in [6.45, 7) is 7.88. The van der Waals surface area contributed by atoms with E-state index in [0.29, 0.717) is 5.57 Å². The second kappa shape index (κ2) is 9.91. The van der Waals surface area contributed by atoms with Crippen molar-refractivity contribution in [3.05, 3.63) is 12.2 Å². The molecule has 0 aromatic rings. The molecular weight excluding hydrogens is 252 g/mol. The van der Waals surface area contributed by atoms with E-state index in [1.54, 1.807) is 6.92 Å². The molecule has 0 aromatic carbocycles. The van der Waals surface area contributed by atoms with Gasteiger partial charge in [0.15, 0.2) is 0 Å². The molecule has 1 unspecified atom stereocenters. The molecule has 2 N–H and O–H groups in total. The zero-order valence-electron chi connectivity index (χ0n) is 11.7. The Bertz CT molecular complexity index is 278. The highest BCUT2D eigenvalue weighted by Gasteiger charge is 2.24. The van der Waals surface area contributed by atoms with Crippen molar-refractivity contribution < 1.29 is 29.2 Å². The number of ether oxygens (including phenoxy) is 3. The Morgan fingerprint density at radius 2 is 1.74 bits per heavy atom. The van der Waals surface area contributed by atoms with Crippen LogP contribution in [-0.4, -0.2) is 62.4 Å². The van der Waals surface area contributed by atoms with Crippen molar-refractivity contribution in [3.63, 3.8) is 0 Å². The minimum Gasteiger partial charge on any atom is -0.460 e. The van der Waals surface area contributed by atoms with Crippen LogP contribution < -0.4 is 0 Å². The van der Waals surface area contributed by atoms with Crippen molar-refractivity contribution >= 4 is 5.97 Å². The molecule has 0 fully saturated rings. The lowest BCUT2D eigenvalue weighted by atomic mass is 9.94. The van der Waals surface area contributed by atoms with E-state index in [4.69, 9.17) is 19.3 Å². The number of carbonyl (C=O) groups excluding carboxylic acids is 1. The maximum atomic E-state index is 11.1. The molecule has 0 amide bonds. The van der Waals surface area contributed by atoms with E-state index in [-0.39, 0.29) is 46.2 Å². The molecular formula is C13H24O6. The fourth-order valence-corrected chi connectivity index (χ4v) is 1.15. The van der Waals surface area contributed by atoms with Gasteiger partial charge in [-0.3, -0.25) is 0 Å². The molecule has 0 aliphatic rings.